The molecule has 0 N–H and O–H groups in total. The van der Waals surface area contributed by atoms with Gasteiger partial charge in [-0.15, -0.1) is 0 Å². The van der Waals surface area contributed by atoms with Gasteiger partial charge in [-0.05, 0) is 60.9 Å². The van der Waals surface area contributed by atoms with Crippen molar-refractivity contribution < 1.29 is 23.9 Å². The van der Waals surface area contributed by atoms with E-state index in [1.165, 1.54) is 0 Å². The number of carbonyl (C=O) groups excluding carboxylic acids is 3. The van der Waals surface area contributed by atoms with E-state index in [2.05, 4.69) is 4.99 Å². The number of halogens is 1. The van der Waals surface area contributed by atoms with E-state index in [0.29, 0.717) is 28.4 Å². The molecule has 2 aromatic carbocycles. The standard InChI is InChI=1S/C24H23ClN2O5/c1-14(2)12-20-23(30)32-24(26-20,15-4-10-18(31-3)11-5-15)19-13-21(28)27(22(19)29)17-8-6-16(25)7-9-17/h4-11,14,19H,12-13H2,1-3H3. The second-order valence-electron chi connectivity index (χ2n) is 8.27. The molecule has 0 saturated carbocycles. The first kappa shape index (κ1) is 22.0. The molecule has 0 bridgehead atoms. The van der Waals surface area contributed by atoms with Crippen molar-refractivity contribution >= 4 is 40.8 Å². The fourth-order valence-electron chi connectivity index (χ4n) is 4.09. The molecule has 1 saturated heterocycles. The Hall–Kier alpha value is -3.19. The van der Waals surface area contributed by atoms with E-state index >= 15 is 0 Å². The Morgan fingerprint density at radius 2 is 1.78 bits per heavy atom. The summed E-state index contributed by atoms with van der Waals surface area (Å²) in [6.07, 6.45) is 0.270. The molecule has 0 aliphatic carbocycles. The SMILES string of the molecule is COc1ccc(C2(C3CC(=O)N(c4ccc(Cl)cc4)C3=O)N=C(CC(C)C)C(=O)O2)cc1. The summed E-state index contributed by atoms with van der Waals surface area (Å²) in [6, 6.07) is 13.3. The van der Waals surface area contributed by atoms with Crippen molar-refractivity contribution in [3.05, 3.63) is 59.1 Å². The summed E-state index contributed by atoms with van der Waals surface area (Å²) >= 11 is 5.95. The van der Waals surface area contributed by atoms with Crippen LogP contribution in [0.4, 0.5) is 5.69 Å². The second kappa shape index (κ2) is 8.39. The van der Waals surface area contributed by atoms with Gasteiger partial charge in [-0.1, -0.05) is 25.4 Å². The van der Waals surface area contributed by atoms with Crippen LogP contribution in [-0.2, 0) is 24.8 Å². The van der Waals surface area contributed by atoms with Gasteiger partial charge in [0.25, 0.3) is 0 Å². The molecule has 2 unspecified atom stereocenters. The van der Waals surface area contributed by atoms with Crippen LogP contribution < -0.4 is 9.64 Å². The highest BCUT2D eigenvalue weighted by Crippen LogP contribution is 2.46. The van der Waals surface area contributed by atoms with Gasteiger partial charge in [0.1, 0.15) is 17.4 Å². The average molecular weight is 455 g/mol. The summed E-state index contributed by atoms with van der Waals surface area (Å²) in [7, 11) is 1.54. The minimum absolute atomic E-state index is 0.140. The highest BCUT2D eigenvalue weighted by molar-refractivity contribution is 6.38. The molecular weight excluding hydrogens is 432 g/mol. The molecule has 4 rings (SSSR count). The number of anilines is 1. The molecule has 2 atom stereocenters. The molecule has 2 aromatic rings. The summed E-state index contributed by atoms with van der Waals surface area (Å²) in [5.41, 5.74) is -0.426. The summed E-state index contributed by atoms with van der Waals surface area (Å²) in [5, 5.41) is 0.492. The third-order valence-electron chi connectivity index (χ3n) is 5.59. The Morgan fingerprint density at radius 3 is 2.38 bits per heavy atom. The Labute approximate surface area is 191 Å². The van der Waals surface area contributed by atoms with Gasteiger partial charge in [0.15, 0.2) is 0 Å². The van der Waals surface area contributed by atoms with Crippen molar-refractivity contribution in [3.63, 3.8) is 0 Å². The number of nitrogens with zero attached hydrogens (tertiary/aromatic N) is 2. The smallest absolute Gasteiger partial charge is 0.354 e. The Kier molecular flexibility index (Phi) is 5.77. The predicted molar refractivity (Wildman–Crippen MR) is 120 cm³/mol. The molecule has 166 valence electrons. The zero-order valence-electron chi connectivity index (χ0n) is 18.0. The van der Waals surface area contributed by atoms with Gasteiger partial charge >= 0.3 is 5.97 Å². The lowest BCUT2D eigenvalue weighted by Crippen LogP contribution is -2.40. The molecule has 8 heteroatoms. The van der Waals surface area contributed by atoms with E-state index in [1.807, 2.05) is 13.8 Å². The van der Waals surface area contributed by atoms with E-state index in [0.717, 1.165) is 4.90 Å². The Bertz CT molecular complexity index is 1090. The minimum atomic E-state index is -1.61. The van der Waals surface area contributed by atoms with E-state index in [4.69, 9.17) is 21.1 Å². The van der Waals surface area contributed by atoms with Crippen molar-refractivity contribution in [3.8, 4) is 5.75 Å². The molecule has 0 aromatic heterocycles. The van der Waals surface area contributed by atoms with Crippen LogP contribution in [0.1, 0.15) is 32.3 Å². The number of imide groups is 1. The van der Waals surface area contributed by atoms with Crippen LogP contribution in [0.3, 0.4) is 0 Å². The number of benzene rings is 2. The number of carbonyl (C=O) groups is 3. The van der Waals surface area contributed by atoms with Gasteiger partial charge in [-0.25, -0.2) is 9.79 Å². The minimum Gasteiger partial charge on any atom is -0.497 e. The molecule has 2 aliphatic rings. The lowest BCUT2D eigenvalue weighted by Gasteiger charge is -2.30. The van der Waals surface area contributed by atoms with Crippen molar-refractivity contribution in [1.29, 1.82) is 0 Å². The molecule has 1 fully saturated rings. The van der Waals surface area contributed by atoms with E-state index in [1.54, 1.807) is 55.6 Å². The third-order valence-corrected chi connectivity index (χ3v) is 5.85. The maximum absolute atomic E-state index is 13.5. The third kappa shape index (κ3) is 3.77. The number of rotatable bonds is 6. The average Bonchev–Trinajstić information content (AvgIpc) is 3.25. The van der Waals surface area contributed by atoms with Crippen molar-refractivity contribution in [1.82, 2.24) is 0 Å². The first-order chi connectivity index (χ1) is 15.2. The summed E-state index contributed by atoms with van der Waals surface area (Å²) < 4.78 is 11.0. The lowest BCUT2D eigenvalue weighted by atomic mass is 9.87. The quantitative estimate of drug-likeness (QED) is 0.484. The van der Waals surface area contributed by atoms with Gasteiger partial charge in [0.05, 0.1) is 12.8 Å². The number of amides is 2. The highest BCUT2D eigenvalue weighted by atomic mass is 35.5. The Morgan fingerprint density at radius 1 is 1.12 bits per heavy atom. The largest absolute Gasteiger partial charge is 0.497 e. The number of aliphatic imine (C=N–C) groups is 1. The number of ether oxygens (including phenoxy) is 2. The molecule has 0 spiro atoms. The monoisotopic (exact) mass is 454 g/mol. The molecular formula is C24H23ClN2O5. The molecule has 2 amide bonds. The first-order valence-electron chi connectivity index (χ1n) is 10.3. The molecule has 0 radical (unpaired) electrons. The first-order valence-corrected chi connectivity index (χ1v) is 10.7. The van der Waals surface area contributed by atoms with Gasteiger partial charge in [0, 0.05) is 17.0 Å². The highest BCUT2D eigenvalue weighted by Gasteiger charge is 2.58. The predicted octanol–water partition coefficient (Wildman–Crippen LogP) is 4.13. The fourth-order valence-corrected chi connectivity index (χ4v) is 4.21. The fraction of sp³-hybridized carbons (Fsp3) is 0.333. The van der Waals surface area contributed by atoms with Crippen LogP contribution in [-0.4, -0.2) is 30.6 Å². The van der Waals surface area contributed by atoms with Gasteiger partial charge < -0.3 is 9.47 Å². The molecule has 32 heavy (non-hydrogen) atoms. The number of methoxy groups -OCH3 is 1. The van der Waals surface area contributed by atoms with Gasteiger partial charge in [-0.3, -0.25) is 14.5 Å². The summed E-state index contributed by atoms with van der Waals surface area (Å²) in [6.45, 7) is 3.94. The molecule has 2 heterocycles. The second-order valence-corrected chi connectivity index (χ2v) is 8.71. The van der Waals surface area contributed by atoms with E-state index in [9.17, 15) is 14.4 Å². The normalized spacial score (nSPS) is 23.0. The van der Waals surface area contributed by atoms with Gasteiger partial charge in [-0.2, -0.15) is 0 Å². The maximum Gasteiger partial charge on any atom is 0.354 e. The van der Waals surface area contributed by atoms with Crippen LogP contribution >= 0.6 is 11.6 Å². The van der Waals surface area contributed by atoms with Crippen LogP contribution in [0.5, 0.6) is 5.75 Å². The molecule has 2 aliphatic heterocycles. The zero-order chi connectivity index (χ0) is 23.0. The van der Waals surface area contributed by atoms with Crippen LogP contribution in [0.25, 0.3) is 0 Å². The van der Waals surface area contributed by atoms with Crippen LogP contribution in [0.15, 0.2) is 53.5 Å². The number of hydrogen-bond acceptors (Lipinski definition) is 6. The zero-order valence-corrected chi connectivity index (χ0v) is 18.8. The number of cyclic esters (lactones) is 1. The summed E-state index contributed by atoms with van der Waals surface area (Å²) in [4.78, 5) is 44.9. The topological polar surface area (TPSA) is 85.3 Å². The Balaban J connectivity index is 1.79. The molecule has 7 nitrogen and oxygen atoms in total. The number of esters is 1. The van der Waals surface area contributed by atoms with E-state index in [-0.39, 0.29) is 18.1 Å². The van der Waals surface area contributed by atoms with Crippen molar-refractivity contribution in [2.45, 2.75) is 32.4 Å². The van der Waals surface area contributed by atoms with Crippen molar-refractivity contribution in [2.24, 2.45) is 16.8 Å². The summed E-state index contributed by atoms with van der Waals surface area (Å²) in [5.74, 6) is -1.66. The van der Waals surface area contributed by atoms with Gasteiger partial charge in [0.2, 0.25) is 17.5 Å². The number of hydrogen-bond donors (Lipinski definition) is 0. The van der Waals surface area contributed by atoms with E-state index < -0.39 is 29.4 Å². The van der Waals surface area contributed by atoms with Crippen molar-refractivity contribution in [2.75, 3.05) is 12.0 Å². The van der Waals surface area contributed by atoms with Crippen LogP contribution in [0, 0.1) is 11.8 Å². The van der Waals surface area contributed by atoms with Crippen LogP contribution in [0.2, 0.25) is 5.02 Å². The maximum atomic E-state index is 13.5. The lowest BCUT2D eigenvalue weighted by molar-refractivity contribution is -0.156.